The van der Waals surface area contributed by atoms with Gasteiger partial charge in [0.05, 0.1) is 0 Å². The van der Waals surface area contributed by atoms with Gasteiger partial charge in [0.15, 0.2) is 0 Å². The molecule has 1 aromatic rings. The van der Waals surface area contributed by atoms with Gasteiger partial charge in [-0.25, -0.2) is 9.59 Å². The zero-order valence-electron chi connectivity index (χ0n) is 10.1. The molecule has 0 atom stereocenters. The number of carbonyl (C=O) groups is 3. The molecular formula is C12H14N2O5. The lowest BCUT2D eigenvalue weighted by molar-refractivity contribution is -0.120. The molecule has 7 heteroatoms. The van der Waals surface area contributed by atoms with Gasteiger partial charge in [-0.3, -0.25) is 10.1 Å². The van der Waals surface area contributed by atoms with Gasteiger partial charge in [0.1, 0.15) is 6.61 Å². The van der Waals surface area contributed by atoms with Crippen LogP contribution in [0.25, 0.3) is 0 Å². The van der Waals surface area contributed by atoms with Gasteiger partial charge in [0, 0.05) is 13.0 Å². The van der Waals surface area contributed by atoms with Gasteiger partial charge in [-0.1, -0.05) is 30.3 Å². The van der Waals surface area contributed by atoms with Crippen LogP contribution in [0.1, 0.15) is 12.0 Å². The average molecular weight is 266 g/mol. The van der Waals surface area contributed by atoms with Crippen molar-refractivity contribution in [2.75, 3.05) is 6.54 Å². The first kappa shape index (κ1) is 14.5. The smallest absolute Gasteiger partial charge is 0.411 e. The molecule has 0 saturated heterocycles. The Morgan fingerprint density at radius 3 is 2.47 bits per heavy atom. The van der Waals surface area contributed by atoms with Crippen LogP contribution in [0.5, 0.6) is 0 Å². The molecule has 3 amide bonds. The van der Waals surface area contributed by atoms with Crippen LogP contribution in [0.2, 0.25) is 0 Å². The van der Waals surface area contributed by atoms with Crippen LogP contribution >= 0.6 is 0 Å². The summed E-state index contributed by atoms with van der Waals surface area (Å²) in [6.07, 6.45) is -2.21. The maximum Gasteiger partial charge on any atom is 0.411 e. The molecule has 7 nitrogen and oxygen atoms in total. The van der Waals surface area contributed by atoms with E-state index in [0.717, 1.165) is 5.56 Å². The van der Waals surface area contributed by atoms with E-state index >= 15 is 0 Å². The number of hydrogen-bond donors (Lipinski definition) is 3. The molecule has 1 aromatic carbocycles. The molecular weight excluding hydrogens is 252 g/mol. The maximum atomic E-state index is 11.2. The lowest BCUT2D eigenvalue weighted by Crippen LogP contribution is -2.33. The molecule has 0 heterocycles. The Hall–Kier alpha value is -2.57. The van der Waals surface area contributed by atoms with E-state index in [1.54, 1.807) is 5.32 Å². The summed E-state index contributed by atoms with van der Waals surface area (Å²) in [4.78, 5) is 32.3. The number of carboxylic acid groups (broad SMARTS) is 1. The number of imide groups is 1. The molecule has 0 spiro atoms. The number of benzene rings is 1. The number of carbonyl (C=O) groups excluding carboxylic acids is 2. The highest BCUT2D eigenvalue weighted by Crippen LogP contribution is 2.00. The van der Waals surface area contributed by atoms with Crippen LogP contribution in [-0.2, 0) is 16.1 Å². The Morgan fingerprint density at radius 2 is 1.84 bits per heavy atom. The molecule has 0 aliphatic heterocycles. The van der Waals surface area contributed by atoms with Gasteiger partial charge in [-0.15, -0.1) is 0 Å². The monoisotopic (exact) mass is 266 g/mol. The molecule has 0 radical (unpaired) electrons. The van der Waals surface area contributed by atoms with E-state index in [-0.39, 0.29) is 19.6 Å². The fraction of sp³-hybridized carbons (Fsp3) is 0.250. The van der Waals surface area contributed by atoms with Crippen LogP contribution < -0.4 is 10.6 Å². The molecule has 3 N–H and O–H groups in total. The van der Waals surface area contributed by atoms with Gasteiger partial charge in [-0.2, -0.15) is 0 Å². The number of hydrogen-bond acceptors (Lipinski definition) is 4. The molecule has 0 saturated carbocycles. The molecule has 19 heavy (non-hydrogen) atoms. The summed E-state index contributed by atoms with van der Waals surface area (Å²) in [5.74, 6) is -0.684. The molecule has 0 unspecified atom stereocenters. The molecule has 0 aromatic heterocycles. The first-order valence-electron chi connectivity index (χ1n) is 5.55. The van der Waals surface area contributed by atoms with Crippen molar-refractivity contribution in [1.82, 2.24) is 10.6 Å². The summed E-state index contributed by atoms with van der Waals surface area (Å²) < 4.78 is 4.89. The Labute approximate surface area is 109 Å². The Balaban J connectivity index is 2.15. The van der Waals surface area contributed by atoms with Gasteiger partial charge in [-0.05, 0) is 5.56 Å². The van der Waals surface area contributed by atoms with Crippen molar-refractivity contribution in [2.24, 2.45) is 0 Å². The Morgan fingerprint density at radius 1 is 1.16 bits per heavy atom. The van der Waals surface area contributed by atoms with Crippen molar-refractivity contribution in [1.29, 1.82) is 0 Å². The van der Waals surface area contributed by atoms with Gasteiger partial charge >= 0.3 is 12.2 Å². The van der Waals surface area contributed by atoms with Crippen molar-refractivity contribution >= 4 is 18.1 Å². The van der Waals surface area contributed by atoms with E-state index in [0.29, 0.717) is 0 Å². The molecule has 0 bridgehead atoms. The van der Waals surface area contributed by atoms with Crippen molar-refractivity contribution in [2.45, 2.75) is 13.0 Å². The maximum absolute atomic E-state index is 11.2. The molecule has 102 valence electrons. The summed E-state index contributed by atoms with van der Waals surface area (Å²) in [6, 6.07) is 9.13. The minimum absolute atomic E-state index is 0.00668. The van der Waals surface area contributed by atoms with E-state index in [1.165, 1.54) is 0 Å². The predicted molar refractivity (Wildman–Crippen MR) is 65.4 cm³/mol. The number of nitrogens with one attached hydrogen (secondary N) is 2. The van der Waals surface area contributed by atoms with E-state index in [9.17, 15) is 14.4 Å². The van der Waals surface area contributed by atoms with Gasteiger partial charge < -0.3 is 15.2 Å². The fourth-order valence-electron chi connectivity index (χ4n) is 1.23. The van der Waals surface area contributed by atoms with Crippen LogP contribution in [-0.4, -0.2) is 29.7 Å². The van der Waals surface area contributed by atoms with Crippen molar-refractivity contribution in [3.05, 3.63) is 35.9 Å². The first-order valence-corrected chi connectivity index (χ1v) is 5.55. The third-order valence-electron chi connectivity index (χ3n) is 2.08. The zero-order valence-corrected chi connectivity index (χ0v) is 10.1. The highest BCUT2D eigenvalue weighted by molar-refractivity contribution is 5.91. The van der Waals surface area contributed by atoms with E-state index < -0.39 is 18.1 Å². The average Bonchev–Trinajstić information content (AvgIpc) is 2.36. The van der Waals surface area contributed by atoms with E-state index in [2.05, 4.69) is 5.32 Å². The van der Waals surface area contributed by atoms with Gasteiger partial charge in [0.25, 0.3) is 0 Å². The number of ether oxygens (including phenoxy) is 1. The lowest BCUT2D eigenvalue weighted by Gasteiger charge is -2.06. The van der Waals surface area contributed by atoms with Crippen LogP contribution in [0.3, 0.4) is 0 Å². The van der Waals surface area contributed by atoms with Crippen LogP contribution in [0.15, 0.2) is 30.3 Å². The van der Waals surface area contributed by atoms with E-state index in [1.807, 2.05) is 30.3 Å². The summed E-state index contributed by atoms with van der Waals surface area (Å²) in [7, 11) is 0. The second kappa shape index (κ2) is 7.70. The largest absolute Gasteiger partial charge is 0.465 e. The second-order valence-electron chi connectivity index (χ2n) is 3.59. The number of alkyl carbamates (subject to hydrolysis) is 1. The third kappa shape index (κ3) is 6.67. The van der Waals surface area contributed by atoms with Crippen LogP contribution in [0, 0.1) is 0 Å². The Kier molecular flexibility index (Phi) is 5.87. The SMILES string of the molecule is O=C(O)NC(=O)CCNC(=O)OCc1ccccc1. The minimum atomic E-state index is -1.42. The van der Waals surface area contributed by atoms with Crippen molar-refractivity contribution < 1.29 is 24.2 Å². The summed E-state index contributed by atoms with van der Waals surface area (Å²) in [5, 5.41) is 12.3. The first-order chi connectivity index (χ1) is 9.08. The highest BCUT2D eigenvalue weighted by atomic mass is 16.5. The number of amides is 3. The third-order valence-corrected chi connectivity index (χ3v) is 2.08. The molecule has 0 aliphatic carbocycles. The fourth-order valence-corrected chi connectivity index (χ4v) is 1.23. The van der Waals surface area contributed by atoms with Crippen LogP contribution in [0.4, 0.5) is 9.59 Å². The predicted octanol–water partition coefficient (Wildman–Crippen LogP) is 1.10. The van der Waals surface area contributed by atoms with Crippen molar-refractivity contribution in [3.63, 3.8) is 0 Å². The summed E-state index contributed by atoms with van der Waals surface area (Å²) in [5.41, 5.74) is 0.848. The van der Waals surface area contributed by atoms with Gasteiger partial charge in [0.2, 0.25) is 5.91 Å². The molecule has 0 aliphatic rings. The quantitative estimate of drug-likeness (QED) is 0.740. The standard InChI is InChI=1S/C12H14N2O5/c15-10(14-11(16)17)6-7-13-12(18)19-8-9-4-2-1-3-5-9/h1-5H,6-8H2,(H,13,18)(H,14,15)(H,16,17). The van der Waals surface area contributed by atoms with Crippen molar-refractivity contribution in [3.8, 4) is 0 Å². The topological polar surface area (TPSA) is 105 Å². The molecule has 1 rings (SSSR count). The zero-order chi connectivity index (χ0) is 14.1. The highest BCUT2D eigenvalue weighted by Gasteiger charge is 2.07. The normalized spacial score (nSPS) is 9.47. The molecule has 0 fully saturated rings. The van der Waals surface area contributed by atoms with E-state index in [4.69, 9.17) is 9.84 Å². The lowest BCUT2D eigenvalue weighted by atomic mass is 10.2. The Bertz CT molecular complexity index is 447. The summed E-state index contributed by atoms with van der Waals surface area (Å²) in [6.45, 7) is 0.140. The summed E-state index contributed by atoms with van der Waals surface area (Å²) >= 11 is 0. The minimum Gasteiger partial charge on any atom is -0.465 e. The second-order valence-corrected chi connectivity index (χ2v) is 3.59. The number of rotatable bonds is 5.